The van der Waals surface area contributed by atoms with Gasteiger partial charge in [0.1, 0.15) is 5.75 Å². The first-order valence-corrected chi connectivity index (χ1v) is 11.3. The molecule has 2 rings (SSSR count). The molecular formula is C26H32O6. The number of hydrogen-bond acceptors (Lipinski definition) is 4. The molecule has 0 aliphatic carbocycles. The topological polar surface area (TPSA) is 101 Å². The lowest BCUT2D eigenvalue weighted by molar-refractivity contribution is -0.136. The second kappa shape index (κ2) is 13.3. The van der Waals surface area contributed by atoms with Crippen LogP contribution in [0, 0.1) is 0 Å². The number of ether oxygens (including phenoxy) is 1. The fraction of sp³-hybridized carbons (Fsp3) is 0.423. The van der Waals surface area contributed by atoms with E-state index in [1.807, 2.05) is 0 Å². The van der Waals surface area contributed by atoms with E-state index in [1.165, 1.54) is 62.8 Å². The maximum Gasteiger partial charge on any atom is 0.335 e. The lowest BCUT2D eigenvalue weighted by atomic mass is 9.99. The molecule has 0 spiro atoms. The lowest BCUT2D eigenvalue weighted by Crippen LogP contribution is -2.08. The van der Waals surface area contributed by atoms with Gasteiger partial charge in [0.25, 0.3) is 0 Å². The fourth-order valence-electron chi connectivity index (χ4n) is 3.51. The first-order chi connectivity index (χ1) is 15.4. The quantitative estimate of drug-likeness (QED) is 0.270. The first-order valence-electron chi connectivity index (χ1n) is 11.3. The Kier molecular flexibility index (Phi) is 10.4. The van der Waals surface area contributed by atoms with Crippen LogP contribution in [0.3, 0.4) is 0 Å². The highest BCUT2D eigenvalue weighted by molar-refractivity contribution is 6.09. The number of carboxylic acids is 2. The average molecular weight is 441 g/mol. The summed E-state index contributed by atoms with van der Waals surface area (Å²) in [5, 5.41) is 18.2. The minimum absolute atomic E-state index is 0.0952. The van der Waals surface area contributed by atoms with Crippen LogP contribution in [0.15, 0.2) is 42.5 Å². The standard InChI is InChI=1S/C26H32O6/c1-2-3-4-5-6-7-8-9-16-32-23-15-14-21(17-22(23)18-24(27)28)25(29)19-10-12-20(13-11-19)26(30)31/h10-15,17H,2-9,16,18H2,1H3,(H,27,28)(H,30,31). The monoisotopic (exact) mass is 440 g/mol. The van der Waals surface area contributed by atoms with Crippen molar-refractivity contribution >= 4 is 17.7 Å². The molecule has 0 fully saturated rings. The van der Waals surface area contributed by atoms with E-state index in [1.54, 1.807) is 18.2 Å². The predicted molar refractivity (Wildman–Crippen MR) is 123 cm³/mol. The molecule has 0 radical (unpaired) electrons. The number of hydrogen-bond donors (Lipinski definition) is 2. The van der Waals surface area contributed by atoms with Crippen LogP contribution in [0.2, 0.25) is 0 Å². The van der Waals surface area contributed by atoms with Gasteiger partial charge in [0.2, 0.25) is 0 Å². The molecule has 32 heavy (non-hydrogen) atoms. The van der Waals surface area contributed by atoms with Gasteiger partial charge in [-0.2, -0.15) is 0 Å². The van der Waals surface area contributed by atoms with Gasteiger partial charge in [0, 0.05) is 16.7 Å². The van der Waals surface area contributed by atoms with E-state index < -0.39 is 11.9 Å². The Bertz CT molecular complexity index is 901. The Hall–Kier alpha value is -3.15. The minimum Gasteiger partial charge on any atom is -0.493 e. The number of carbonyl (C=O) groups excluding carboxylic acids is 1. The number of aromatic carboxylic acids is 1. The molecule has 0 bridgehead atoms. The number of rotatable bonds is 15. The summed E-state index contributed by atoms with van der Waals surface area (Å²) in [5.41, 5.74) is 1.22. The van der Waals surface area contributed by atoms with Crippen LogP contribution in [0.1, 0.15) is 90.1 Å². The molecule has 0 aromatic heterocycles. The Balaban J connectivity index is 1.97. The Labute approximate surface area is 189 Å². The van der Waals surface area contributed by atoms with Crippen molar-refractivity contribution in [2.45, 2.75) is 64.7 Å². The minimum atomic E-state index is -1.06. The van der Waals surface area contributed by atoms with Crippen molar-refractivity contribution in [3.8, 4) is 5.75 Å². The van der Waals surface area contributed by atoms with Crippen molar-refractivity contribution in [2.75, 3.05) is 6.61 Å². The molecule has 2 N–H and O–H groups in total. The molecule has 0 aliphatic rings. The van der Waals surface area contributed by atoms with Crippen LogP contribution in [0.25, 0.3) is 0 Å². The Morgan fingerprint density at radius 3 is 1.91 bits per heavy atom. The molecule has 2 aromatic rings. The molecule has 0 heterocycles. The van der Waals surface area contributed by atoms with E-state index in [4.69, 9.17) is 9.84 Å². The van der Waals surface area contributed by atoms with Crippen LogP contribution < -0.4 is 4.74 Å². The molecule has 6 nitrogen and oxygen atoms in total. The zero-order valence-electron chi connectivity index (χ0n) is 18.6. The molecular weight excluding hydrogens is 408 g/mol. The molecule has 0 saturated carbocycles. The number of ketones is 1. The van der Waals surface area contributed by atoms with Gasteiger partial charge in [-0.3, -0.25) is 9.59 Å². The van der Waals surface area contributed by atoms with Gasteiger partial charge < -0.3 is 14.9 Å². The van der Waals surface area contributed by atoms with Gasteiger partial charge in [0.05, 0.1) is 18.6 Å². The summed E-state index contributed by atoms with van der Waals surface area (Å²) in [6.45, 7) is 2.71. The van der Waals surface area contributed by atoms with E-state index in [0.29, 0.717) is 29.0 Å². The van der Waals surface area contributed by atoms with Crippen LogP contribution in [0.5, 0.6) is 5.75 Å². The number of carbonyl (C=O) groups is 3. The molecule has 0 amide bonds. The third-order valence-electron chi connectivity index (χ3n) is 5.31. The Morgan fingerprint density at radius 1 is 0.750 bits per heavy atom. The maximum atomic E-state index is 12.8. The van der Waals surface area contributed by atoms with Gasteiger partial charge >= 0.3 is 11.9 Å². The van der Waals surface area contributed by atoms with Gasteiger partial charge in [-0.05, 0) is 36.8 Å². The third-order valence-corrected chi connectivity index (χ3v) is 5.31. The number of carboxylic acid groups (broad SMARTS) is 2. The lowest BCUT2D eigenvalue weighted by Gasteiger charge is -2.12. The highest BCUT2D eigenvalue weighted by Gasteiger charge is 2.15. The largest absolute Gasteiger partial charge is 0.493 e. The maximum absolute atomic E-state index is 12.8. The summed E-state index contributed by atoms with van der Waals surface area (Å²) >= 11 is 0. The van der Waals surface area contributed by atoms with Crippen LogP contribution in [-0.4, -0.2) is 34.5 Å². The zero-order chi connectivity index (χ0) is 23.3. The number of aliphatic carboxylic acids is 1. The van der Waals surface area contributed by atoms with E-state index in [2.05, 4.69) is 6.92 Å². The molecule has 0 atom stereocenters. The summed E-state index contributed by atoms with van der Waals surface area (Å²) in [5.74, 6) is -1.89. The second-order valence-electron chi connectivity index (χ2n) is 7.93. The van der Waals surface area contributed by atoms with E-state index in [9.17, 15) is 19.5 Å². The van der Waals surface area contributed by atoms with Gasteiger partial charge in [-0.1, -0.05) is 64.0 Å². The predicted octanol–water partition coefficient (Wildman–Crippen LogP) is 5.76. The normalized spacial score (nSPS) is 10.7. The molecule has 2 aromatic carbocycles. The summed E-state index contributed by atoms with van der Waals surface area (Å²) in [6.07, 6.45) is 9.23. The van der Waals surface area contributed by atoms with Crippen LogP contribution in [0.4, 0.5) is 0 Å². The fourth-order valence-corrected chi connectivity index (χ4v) is 3.51. The van der Waals surface area contributed by atoms with E-state index in [-0.39, 0.29) is 17.8 Å². The molecule has 0 aliphatic heterocycles. The van der Waals surface area contributed by atoms with Crippen molar-refractivity contribution in [3.63, 3.8) is 0 Å². The van der Waals surface area contributed by atoms with Crippen molar-refractivity contribution in [2.24, 2.45) is 0 Å². The highest BCUT2D eigenvalue weighted by Crippen LogP contribution is 2.23. The smallest absolute Gasteiger partial charge is 0.335 e. The second-order valence-corrected chi connectivity index (χ2v) is 7.93. The zero-order valence-corrected chi connectivity index (χ0v) is 18.6. The van der Waals surface area contributed by atoms with E-state index in [0.717, 1.165) is 12.8 Å². The summed E-state index contributed by atoms with van der Waals surface area (Å²) in [6, 6.07) is 10.4. The van der Waals surface area contributed by atoms with Crippen LogP contribution in [-0.2, 0) is 11.2 Å². The van der Waals surface area contributed by atoms with Gasteiger partial charge in [0.15, 0.2) is 5.78 Å². The molecule has 0 saturated heterocycles. The first kappa shape index (κ1) is 25.1. The summed E-state index contributed by atoms with van der Waals surface area (Å²) in [7, 11) is 0. The highest BCUT2D eigenvalue weighted by atomic mass is 16.5. The molecule has 0 unspecified atom stereocenters. The number of unbranched alkanes of at least 4 members (excludes halogenated alkanes) is 7. The van der Waals surface area contributed by atoms with Crippen molar-refractivity contribution in [1.82, 2.24) is 0 Å². The molecule has 6 heteroatoms. The summed E-state index contributed by atoms with van der Waals surface area (Å²) in [4.78, 5) is 35.0. The van der Waals surface area contributed by atoms with Gasteiger partial charge in [-0.25, -0.2) is 4.79 Å². The van der Waals surface area contributed by atoms with Crippen molar-refractivity contribution in [3.05, 3.63) is 64.7 Å². The van der Waals surface area contributed by atoms with Gasteiger partial charge in [-0.15, -0.1) is 0 Å². The SMILES string of the molecule is CCCCCCCCCCOc1ccc(C(=O)c2ccc(C(=O)O)cc2)cc1CC(=O)O. The Morgan fingerprint density at radius 2 is 1.31 bits per heavy atom. The molecule has 172 valence electrons. The third kappa shape index (κ3) is 8.17. The average Bonchev–Trinajstić information content (AvgIpc) is 2.78. The van der Waals surface area contributed by atoms with Crippen molar-refractivity contribution in [1.29, 1.82) is 0 Å². The van der Waals surface area contributed by atoms with Crippen LogP contribution >= 0.6 is 0 Å². The summed E-state index contributed by atoms with van der Waals surface area (Å²) < 4.78 is 5.83. The van der Waals surface area contributed by atoms with E-state index >= 15 is 0 Å². The number of benzene rings is 2. The van der Waals surface area contributed by atoms with Crippen molar-refractivity contribution < 1.29 is 29.3 Å².